The number of amides is 1. The van der Waals surface area contributed by atoms with Crippen molar-refractivity contribution in [3.63, 3.8) is 0 Å². The van der Waals surface area contributed by atoms with Gasteiger partial charge >= 0.3 is 5.97 Å². The molecule has 9 nitrogen and oxygen atoms in total. The normalized spacial score (nSPS) is 14.7. The molecule has 27 heavy (non-hydrogen) atoms. The van der Waals surface area contributed by atoms with E-state index in [-0.39, 0.29) is 6.54 Å². The summed E-state index contributed by atoms with van der Waals surface area (Å²) in [4.78, 5) is 28.3. The maximum Gasteiger partial charge on any atom is 0.328 e. The van der Waals surface area contributed by atoms with Gasteiger partial charge in [0.2, 0.25) is 0 Å². The van der Waals surface area contributed by atoms with Crippen LogP contribution in [0.3, 0.4) is 0 Å². The molecule has 1 amide bonds. The monoisotopic (exact) mass is 366 g/mol. The van der Waals surface area contributed by atoms with Crippen LogP contribution in [-0.4, -0.2) is 48.0 Å². The van der Waals surface area contributed by atoms with Gasteiger partial charge in [-0.05, 0) is 31.0 Å². The van der Waals surface area contributed by atoms with E-state index in [1.54, 1.807) is 42.7 Å². The summed E-state index contributed by atoms with van der Waals surface area (Å²) >= 11 is 0. The SMILES string of the molecule is O=C(NC(Cn1cccn1)C(=O)O)c1ccc(-c2n[nH]c(C3CC3)n2)cc1. The van der Waals surface area contributed by atoms with E-state index < -0.39 is 17.9 Å². The number of hydrogen-bond donors (Lipinski definition) is 3. The van der Waals surface area contributed by atoms with Crippen LogP contribution >= 0.6 is 0 Å². The smallest absolute Gasteiger partial charge is 0.328 e. The van der Waals surface area contributed by atoms with Crippen LogP contribution in [0.4, 0.5) is 0 Å². The molecule has 1 fully saturated rings. The number of aromatic nitrogens is 5. The average molecular weight is 366 g/mol. The van der Waals surface area contributed by atoms with Crippen LogP contribution in [0.5, 0.6) is 0 Å². The van der Waals surface area contributed by atoms with Crippen LogP contribution in [0.2, 0.25) is 0 Å². The minimum Gasteiger partial charge on any atom is -0.480 e. The van der Waals surface area contributed by atoms with Gasteiger partial charge in [0, 0.05) is 29.4 Å². The van der Waals surface area contributed by atoms with Crippen LogP contribution < -0.4 is 5.32 Å². The summed E-state index contributed by atoms with van der Waals surface area (Å²) in [6.07, 6.45) is 5.47. The quantitative estimate of drug-likeness (QED) is 0.581. The molecule has 1 aliphatic rings. The standard InChI is InChI=1S/C18H18N6O3/c25-17(20-14(18(26)27)10-24-9-1-8-19-24)13-6-4-12(5-7-13)16-21-15(22-23-16)11-2-3-11/h1,4-9,11,14H,2-3,10H2,(H,20,25)(H,26,27)(H,21,22,23). The Hall–Kier alpha value is -3.49. The molecule has 1 unspecified atom stereocenters. The molecule has 4 rings (SSSR count). The van der Waals surface area contributed by atoms with Gasteiger partial charge in [0.15, 0.2) is 5.82 Å². The van der Waals surface area contributed by atoms with Crippen molar-refractivity contribution in [1.29, 1.82) is 0 Å². The summed E-state index contributed by atoms with van der Waals surface area (Å²) in [6, 6.07) is 7.37. The van der Waals surface area contributed by atoms with E-state index in [4.69, 9.17) is 0 Å². The molecule has 9 heteroatoms. The lowest BCUT2D eigenvalue weighted by Gasteiger charge is -2.14. The number of nitrogens with zero attached hydrogens (tertiary/aromatic N) is 4. The van der Waals surface area contributed by atoms with Gasteiger partial charge in [-0.15, -0.1) is 0 Å². The number of carbonyl (C=O) groups is 2. The molecule has 0 bridgehead atoms. The Bertz CT molecular complexity index is 944. The number of carboxylic acid groups (broad SMARTS) is 1. The zero-order chi connectivity index (χ0) is 18.8. The van der Waals surface area contributed by atoms with Gasteiger partial charge in [-0.25, -0.2) is 9.78 Å². The first-order valence-electron chi connectivity index (χ1n) is 8.64. The van der Waals surface area contributed by atoms with Crippen molar-refractivity contribution in [2.75, 3.05) is 0 Å². The van der Waals surface area contributed by atoms with E-state index in [0.29, 0.717) is 17.3 Å². The van der Waals surface area contributed by atoms with Gasteiger partial charge in [-0.3, -0.25) is 14.6 Å². The third-order valence-electron chi connectivity index (χ3n) is 4.40. The molecule has 1 atom stereocenters. The molecule has 3 N–H and O–H groups in total. The van der Waals surface area contributed by atoms with E-state index in [1.165, 1.54) is 4.68 Å². The van der Waals surface area contributed by atoms with Crippen molar-refractivity contribution >= 4 is 11.9 Å². The van der Waals surface area contributed by atoms with Crippen molar-refractivity contribution in [1.82, 2.24) is 30.3 Å². The fraction of sp³-hybridized carbons (Fsp3) is 0.278. The van der Waals surface area contributed by atoms with Gasteiger partial charge in [0.05, 0.1) is 6.54 Å². The summed E-state index contributed by atoms with van der Waals surface area (Å²) in [5.74, 6) is 0.387. The predicted molar refractivity (Wildman–Crippen MR) is 94.9 cm³/mol. The molecule has 0 spiro atoms. The molecular weight excluding hydrogens is 348 g/mol. The van der Waals surface area contributed by atoms with Gasteiger partial charge < -0.3 is 10.4 Å². The number of hydrogen-bond acceptors (Lipinski definition) is 5. The van der Waals surface area contributed by atoms with E-state index in [9.17, 15) is 14.7 Å². The first-order valence-corrected chi connectivity index (χ1v) is 8.64. The first kappa shape index (κ1) is 17.0. The Labute approximate surface area is 154 Å². The van der Waals surface area contributed by atoms with Crippen molar-refractivity contribution in [2.45, 2.75) is 31.3 Å². The topological polar surface area (TPSA) is 126 Å². The van der Waals surface area contributed by atoms with Gasteiger partial charge in [0.25, 0.3) is 5.91 Å². The van der Waals surface area contributed by atoms with Crippen LogP contribution in [0.15, 0.2) is 42.7 Å². The van der Waals surface area contributed by atoms with E-state index in [0.717, 1.165) is 24.2 Å². The summed E-state index contributed by atoms with van der Waals surface area (Å²) in [6.45, 7) is 0.0489. The number of aliphatic carboxylic acids is 1. The Kier molecular flexibility index (Phi) is 4.41. The van der Waals surface area contributed by atoms with Crippen LogP contribution in [0, 0.1) is 0 Å². The first-order chi connectivity index (χ1) is 13.1. The van der Waals surface area contributed by atoms with Crippen LogP contribution in [0.1, 0.15) is 34.9 Å². The van der Waals surface area contributed by atoms with E-state index in [1.807, 2.05) is 0 Å². The minimum absolute atomic E-state index is 0.0489. The summed E-state index contributed by atoms with van der Waals surface area (Å²) in [5.41, 5.74) is 1.16. The highest BCUT2D eigenvalue weighted by Crippen LogP contribution is 2.38. The fourth-order valence-corrected chi connectivity index (χ4v) is 2.74. The molecule has 2 heterocycles. The second-order valence-corrected chi connectivity index (χ2v) is 6.49. The maximum absolute atomic E-state index is 12.4. The van der Waals surface area contributed by atoms with Gasteiger partial charge in [-0.1, -0.05) is 12.1 Å². The molecule has 1 aromatic carbocycles. The third kappa shape index (κ3) is 3.86. The molecule has 0 aliphatic heterocycles. The van der Waals surface area contributed by atoms with Crippen molar-refractivity contribution < 1.29 is 14.7 Å². The zero-order valence-electron chi connectivity index (χ0n) is 14.4. The minimum atomic E-state index is -1.12. The number of carboxylic acids is 1. The Morgan fingerprint density at radius 3 is 2.70 bits per heavy atom. The lowest BCUT2D eigenvalue weighted by molar-refractivity contribution is -0.139. The molecular formula is C18H18N6O3. The number of benzene rings is 1. The predicted octanol–water partition coefficient (Wildman–Crippen LogP) is 1.43. The number of aromatic amines is 1. The van der Waals surface area contributed by atoms with Crippen LogP contribution in [-0.2, 0) is 11.3 Å². The summed E-state index contributed by atoms with van der Waals surface area (Å²) < 4.78 is 1.46. The highest BCUT2D eigenvalue weighted by atomic mass is 16.4. The maximum atomic E-state index is 12.4. The van der Waals surface area contributed by atoms with Crippen molar-refractivity contribution in [3.8, 4) is 11.4 Å². The average Bonchev–Trinajstić information content (AvgIpc) is 3.18. The highest BCUT2D eigenvalue weighted by Gasteiger charge is 2.27. The van der Waals surface area contributed by atoms with E-state index >= 15 is 0 Å². The fourth-order valence-electron chi connectivity index (χ4n) is 2.74. The van der Waals surface area contributed by atoms with Crippen LogP contribution in [0.25, 0.3) is 11.4 Å². The lowest BCUT2D eigenvalue weighted by Crippen LogP contribution is -2.43. The summed E-state index contributed by atoms with van der Waals surface area (Å²) in [5, 5.41) is 23.0. The number of rotatable bonds is 7. The Morgan fingerprint density at radius 2 is 2.07 bits per heavy atom. The lowest BCUT2D eigenvalue weighted by atomic mass is 10.1. The van der Waals surface area contributed by atoms with Gasteiger partial charge in [0.1, 0.15) is 11.9 Å². The largest absolute Gasteiger partial charge is 0.480 e. The summed E-state index contributed by atoms with van der Waals surface area (Å²) in [7, 11) is 0. The van der Waals surface area contributed by atoms with Crippen molar-refractivity contribution in [2.24, 2.45) is 0 Å². The second-order valence-electron chi connectivity index (χ2n) is 6.49. The Balaban J connectivity index is 1.43. The highest BCUT2D eigenvalue weighted by molar-refractivity contribution is 5.96. The molecule has 2 aromatic heterocycles. The third-order valence-corrected chi connectivity index (χ3v) is 4.40. The number of nitrogens with one attached hydrogen (secondary N) is 2. The number of H-pyrrole nitrogens is 1. The van der Waals surface area contributed by atoms with Crippen molar-refractivity contribution in [3.05, 3.63) is 54.1 Å². The molecule has 0 radical (unpaired) electrons. The number of carbonyl (C=O) groups excluding carboxylic acids is 1. The zero-order valence-corrected chi connectivity index (χ0v) is 14.4. The molecule has 138 valence electrons. The van der Waals surface area contributed by atoms with E-state index in [2.05, 4.69) is 25.6 Å². The molecule has 1 aliphatic carbocycles. The van der Waals surface area contributed by atoms with Gasteiger partial charge in [-0.2, -0.15) is 10.2 Å². The second kappa shape index (κ2) is 7.02. The molecule has 3 aromatic rings. The molecule has 0 saturated heterocycles. The molecule has 1 saturated carbocycles. The Morgan fingerprint density at radius 1 is 1.30 bits per heavy atom.